The van der Waals surface area contributed by atoms with E-state index in [1.165, 1.54) is 0 Å². The molecule has 0 amide bonds. The lowest BCUT2D eigenvalue weighted by Gasteiger charge is -2.04. The molecule has 2 aromatic heterocycles. The summed E-state index contributed by atoms with van der Waals surface area (Å²) in [6, 6.07) is 13.4. The van der Waals surface area contributed by atoms with Crippen LogP contribution in [0.2, 0.25) is 0 Å². The zero-order valence-electron chi connectivity index (χ0n) is 12.5. The van der Waals surface area contributed by atoms with E-state index in [4.69, 9.17) is 4.74 Å². The monoisotopic (exact) mass is 370 g/mol. The number of halogens is 1. The van der Waals surface area contributed by atoms with Crippen molar-refractivity contribution in [3.05, 3.63) is 64.9 Å². The summed E-state index contributed by atoms with van der Waals surface area (Å²) in [4.78, 5) is 19.6. The molecule has 23 heavy (non-hydrogen) atoms. The summed E-state index contributed by atoms with van der Waals surface area (Å²) in [5.41, 5.74) is 4.03. The first-order valence-electron chi connectivity index (χ1n) is 7.25. The van der Waals surface area contributed by atoms with Crippen molar-refractivity contribution in [1.82, 2.24) is 9.97 Å². The molecular weight excluding hydrogens is 356 g/mol. The van der Waals surface area contributed by atoms with Crippen molar-refractivity contribution in [1.29, 1.82) is 0 Å². The number of H-pyrrole nitrogens is 1. The van der Waals surface area contributed by atoms with Crippen LogP contribution in [-0.4, -0.2) is 22.5 Å². The van der Waals surface area contributed by atoms with Crippen molar-refractivity contribution in [3.63, 3.8) is 0 Å². The van der Waals surface area contributed by atoms with Crippen LogP contribution in [0.15, 0.2) is 59.3 Å². The zero-order chi connectivity index (χ0) is 16.2. The van der Waals surface area contributed by atoms with Gasteiger partial charge in [0.2, 0.25) is 0 Å². The van der Waals surface area contributed by atoms with Gasteiger partial charge >= 0.3 is 5.97 Å². The number of carbonyl (C=O) groups excluding carboxylic acids is 1. The predicted molar refractivity (Wildman–Crippen MR) is 93.1 cm³/mol. The standard InChI is InChI=1S/C18H15BrN2O2/c1-2-23-18(22)15-11-16(12-7-9-20-10-8-12)21-17(15)13-3-5-14(19)6-4-13/h3-11,21H,2H2,1H3. The van der Waals surface area contributed by atoms with Crippen LogP contribution in [0.1, 0.15) is 17.3 Å². The Kier molecular flexibility index (Phi) is 4.57. The Labute approximate surface area is 142 Å². The Morgan fingerprint density at radius 1 is 1.13 bits per heavy atom. The number of ether oxygens (including phenoxy) is 1. The normalized spacial score (nSPS) is 10.5. The van der Waals surface area contributed by atoms with Crippen molar-refractivity contribution >= 4 is 21.9 Å². The predicted octanol–water partition coefficient (Wildman–Crippen LogP) is 4.68. The van der Waals surface area contributed by atoms with Gasteiger partial charge < -0.3 is 9.72 Å². The summed E-state index contributed by atoms with van der Waals surface area (Å²) in [5, 5.41) is 0. The maximum atomic E-state index is 12.3. The summed E-state index contributed by atoms with van der Waals surface area (Å²) in [7, 11) is 0. The van der Waals surface area contributed by atoms with Crippen LogP contribution in [0.5, 0.6) is 0 Å². The molecule has 0 radical (unpaired) electrons. The van der Waals surface area contributed by atoms with Gasteiger partial charge in [-0.2, -0.15) is 0 Å². The Balaban J connectivity index is 2.10. The largest absolute Gasteiger partial charge is 0.462 e. The van der Waals surface area contributed by atoms with E-state index in [2.05, 4.69) is 25.9 Å². The Morgan fingerprint density at radius 3 is 2.48 bits per heavy atom. The number of pyridine rings is 1. The number of carbonyl (C=O) groups is 1. The number of esters is 1. The number of hydrogen-bond donors (Lipinski definition) is 1. The van der Waals surface area contributed by atoms with E-state index in [-0.39, 0.29) is 5.97 Å². The molecule has 3 aromatic rings. The number of aromatic amines is 1. The minimum atomic E-state index is -0.332. The molecule has 0 saturated heterocycles. The molecule has 0 saturated carbocycles. The highest BCUT2D eigenvalue weighted by Gasteiger charge is 2.18. The van der Waals surface area contributed by atoms with Gasteiger partial charge in [-0.1, -0.05) is 28.1 Å². The first-order valence-corrected chi connectivity index (χ1v) is 8.05. The number of rotatable bonds is 4. The van der Waals surface area contributed by atoms with Crippen LogP contribution in [0.3, 0.4) is 0 Å². The van der Waals surface area contributed by atoms with E-state index in [1.54, 1.807) is 19.3 Å². The van der Waals surface area contributed by atoms with Crippen LogP contribution in [-0.2, 0) is 4.74 Å². The molecule has 116 valence electrons. The molecule has 2 heterocycles. The lowest BCUT2D eigenvalue weighted by Crippen LogP contribution is -2.04. The van der Waals surface area contributed by atoms with Gasteiger partial charge in [0.15, 0.2) is 0 Å². The van der Waals surface area contributed by atoms with Gasteiger partial charge in [-0.25, -0.2) is 4.79 Å². The van der Waals surface area contributed by atoms with Gasteiger partial charge in [0, 0.05) is 28.1 Å². The highest BCUT2D eigenvalue weighted by atomic mass is 79.9. The topological polar surface area (TPSA) is 55.0 Å². The average molecular weight is 371 g/mol. The first kappa shape index (κ1) is 15.5. The highest BCUT2D eigenvalue weighted by molar-refractivity contribution is 9.10. The van der Waals surface area contributed by atoms with Crippen LogP contribution in [0, 0.1) is 0 Å². The third-order valence-corrected chi connectivity index (χ3v) is 3.97. The molecule has 0 atom stereocenters. The lowest BCUT2D eigenvalue weighted by molar-refractivity contribution is 0.0527. The third kappa shape index (κ3) is 3.35. The smallest absolute Gasteiger partial charge is 0.340 e. The third-order valence-electron chi connectivity index (χ3n) is 3.44. The molecule has 1 aromatic carbocycles. The first-order chi connectivity index (χ1) is 11.2. The number of nitrogens with zero attached hydrogens (tertiary/aromatic N) is 1. The molecular formula is C18H15BrN2O2. The van der Waals surface area contributed by atoms with Gasteiger partial charge in [0.25, 0.3) is 0 Å². The number of benzene rings is 1. The van der Waals surface area contributed by atoms with Gasteiger partial charge in [-0.15, -0.1) is 0 Å². The van der Waals surface area contributed by atoms with E-state index < -0.39 is 0 Å². The molecule has 0 spiro atoms. The Hall–Kier alpha value is -2.40. The number of hydrogen-bond acceptors (Lipinski definition) is 3. The molecule has 4 nitrogen and oxygen atoms in total. The van der Waals surface area contributed by atoms with Gasteiger partial charge in [0.05, 0.1) is 17.9 Å². The molecule has 0 aliphatic rings. The van der Waals surface area contributed by atoms with Crippen molar-refractivity contribution in [2.75, 3.05) is 6.61 Å². The quantitative estimate of drug-likeness (QED) is 0.678. The lowest BCUT2D eigenvalue weighted by atomic mass is 10.1. The van der Waals surface area contributed by atoms with E-state index in [0.29, 0.717) is 12.2 Å². The maximum absolute atomic E-state index is 12.3. The molecule has 0 aliphatic heterocycles. The van der Waals surface area contributed by atoms with E-state index >= 15 is 0 Å². The van der Waals surface area contributed by atoms with E-state index in [0.717, 1.165) is 27.0 Å². The summed E-state index contributed by atoms with van der Waals surface area (Å²) in [6.07, 6.45) is 3.44. The fourth-order valence-corrected chi connectivity index (χ4v) is 2.62. The minimum absolute atomic E-state index is 0.332. The van der Waals surface area contributed by atoms with Gasteiger partial charge in [-0.05, 0) is 42.8 Å². The van der Waals surface area contributed by atoms with Crippen molar-refractivity contribution < 1.29 is 9.53 Å². The molecule has 0 unspecified atom stereocenters. The molecule has 1 N–H and O–H groups in total. The maximum Gasteiger partial charge on any atom is 0.340 e. The molecule has 0 aliphatic carbocycles. The van der Waals surface area contributed by atoms with Crippen LogP contribution < -0.4 is 0 Å². The zero-order valence-corrected chi connectivity index (χ0v) is 14.1. The average Bonchev–Trinajstić information content (AvgIpc) is 3.02. The molecule has 3 rings (SSSR count). The van der Waals surface area contributed by atoms with Gasteiger partial charge in [-0.3, -0.25) is 4.98 Å². The van der Waals surface area contributed by atoms with Crippen LogP contribution in [0.4, 0.5) is 0 Å². The summed E-state index contributed by atoms with van der Waals surface area (Å²) < 4.78 is 6.17. The molecule has 5 heteroatoms. The molecule has 0 fully saturated rings. The number of nitrogens with one attached hydrogen (secondary N) is 1. The second kappa shape index (κ2) is 6.79. The van der Waals surface area contributed by atoms with Crippen molar-refractivity contribution in [2.24, 2.45) is 0 Å². The second-order valence-electron chi connectivity index (χ2n) is 4.93. The fraction of sp³-hybridized carbons (Fsp3) is 0.111. The summed E-state index contributed by atoms with van der Waals surface area (Å²) in [5.74, 6) is -0.332. The van der Waals surface area contributed by atoms with Crippen molar-refractivity contribution in [2.45, 2.75) is 6.92 Å². The SMILES string of the molecule is CCOC(=O)c1cc(-c2ccncc2)[nH]c1-c1ccc(Br)cc1. The van der Waals surface area contributed by atoms with Crippen LogP contribution >= 0.6 is 15.9 Å². The van der Waals surface area contributed by atoms with Crippen molar-refractivity contribution in [3.8, 4) is 22.5 Å². The van der Waals surface area contributed by atoms with Gasteiger partial charge in [0.1, 0.15) is 0 Å². The number of aromatic nitrogens is 2. The van der Waals surface area contributed by atoms with E-state index in [9.17, 15) is 4.79 Å². The van der Waals surface area contributed by atoms with E-state index in [1.807, 2.05) is 42.5 Å². The fourth-order valence-electron chi connectivity index (χ4n) is 2.36. The Morgan fingerprint density at radius 2 is 1.83 bits per heavy atom. The second-order valence-corrected chi connectivity index (χ2v) is 5.85. The minimum Gasteiger partial charge on any atom is -0.462 e. The van der Waals surface area contributed by atoms with Crippen LogP contribution in [0.25, 0.3) is 22.5 Å². The summed E-state index contributed by atoms with van der Waals surface area (Å²) in [6.45, 7) is 2.14. The highest BCUT2D eigenvalue weighted by Crippen LogP contribution is 2.30. The summed E-state index contributed by atoms with van der Waals surface area (Å²) >= 11 is 3.42. The Bertz CT molecular complexity index is 811. The molecule has 0 bridgehead atoms.